The first-order chi connectivity index (χ1) is 16.8. The molecule has 9 heteroatoms. The number of fused-ring (bicyclic) bond motifs is 1. The normalized spacial score (nSPS) is 12.3. The number of carbonyl (C=O) groups excluding carboxylic acids is 1. The predicted molar refractivity (Wildman–Crippen MR) is 129 cm³/mol. The zero-order valence-corrected chi connectivity index (χ0v) is 18.6. The molecule has 0 aliphatic carbocycles. The first kappa shape index (κ1) is 23.6. The number of aromatic nitrogens is 3. The molecule has 0 unspecified atom stereocenters. The lowest BCUT2D eigenvalue weighted by atomic mass is 10.0. The Morgan fingerprint density at radius 1 is 1.11 bits per heavy atom. The van der Waals surface area contributed by atoms with Crippen molar-refractivity contribution in [1.82, 2.24) is 20.1 Å². The lowest BCUT2D eigenvalue weighted by Gasteiger charge is -2.10. The highest BCUT2D eigenvalue weighted by Crippen LogP contribution is 2.33. The molecule has 2 aromatic heterocycles. The van der Waals surface area contributed by atoms with Gasteiger partial charge in [0.05, 0.1) is 17.6 Å². The lowest BCUT2D eigenvalue weighted by Crippen LogP contribution is -2.22. The number of amides is 1. The Hall–Kier alpha value is -4.53. The summed E-state index contributed by atoms with van der Waals surface area (Å²) >= 11 is 0. The number of alkyl halides is 3. The number of halogens is 3. The molecule has 0 atom stereocenters. The zero-order chi connectivity index (χ0) is 25.0. The fourth-order valence-electron chi connectivity index (χ4n) is 3.44. The van der Waals surface area contributed by atoms with Gasteiger partial charge in [-0.3, -0.25) is 9.78 Å². The van der Waals surface area contributed by atoms with Gasteiger partial charge in [0.15, 0.2) is 0 Å². The molecule has 4 aromatic rings. The summed E-state index contributed by atoms with van der Waals surface area (Å²) in [5.74, 6) is -0.246. The number of rotatable bonds is 6. The third-order valence-electron chi connectivity index (χ3n) is 5.13. The summed E-state index contributed by atoms with van der Waals surface area (Å²) in [5, 5.41) is 8.41. The number of hydrogen-bond acceptors (Lipinski definition) is 4. The van der Waals surface area contributed by atoms with E-state index in [-0.39, 0.29) is 17.2 Å². The molecular weight excluding hydrogens is 455 g/mol. The number of allylic oxidation sites excluding steroid dienone is 2. The Morgan fingerprint density at radius 3 is 2.60 bits per heavy atom. The zero-order valence-electron chi connectivity index (χ0n) is 18.6. The van der Waals surface area contributed by atoms with E-state index in [1.165, 1.54) is 18.5 Å². The Balaban J connectivity index is 1.57. The van der Waals surface area contributed by atoms with Crippen LogP contribution in [0.2, 0.25) is 0 Å². The number of hydrogen-bond donors (Lipinski definition) is 1. The highest BCUT2D eigenvalue weighted by atomic mass is 19.4. The van der Waals surface area contributed by atoms with Gasteiger partial charge >= 0.3 is 6.18 Å². The molecule has 0 saturated carbocycles. The largest absolute Gasteiger partial charge is 0.433 e. The van der Waals surface area contributed by atoms with Crippen LogP contribution in [0.25, 0.3) is 27.7 Å². The molecule has 4 rings (SSSR count). The second-order valence-electron chi connectivity index (χ2n) is 7.47. The number of nitrogens with zero attached hydrogens (tertiary/aromatic N) is 4. The second kappa shape index (κ2) is 9.76. The molecule has 2 heterocycles. The molecule has 2 aromatic carbocycles. The number of pyridine rings is 1. The molecule has 176 valence electrons. The Kier molecular flexibility index (Phi) is 6.59. The maximum atomic E-state index is 13.7. The minimum Gasteiger partial charge on any atom is -0.307 e. The van der Waals surface area contributed by atoms with Crippen LogP contribution in [-0.2, 0) is 6.18 Å². The quantitative estimate of drug-likeness (QED) is 0.350. The van der Waals surface area contributed by atoms with E-state index in [0.29, 0.717) is 15.8 Å². The van der Waals surface area contributed by atoms with Crippen LogP contribution in [0, 0.1) is 0 Å². The number of benzene rings is 2. The van der Waals surface area contributed by atoms with Crippen LogP contribution in [0.4, 0.5) is 13.2 Å². The Labute approximate surface area is 199 Å². The van der Waals surface area contributed by atoms with Gasteiger partial charge in [0, 0.05) is 23.5 Å². The molecule has 0 radical (unpaired) electrons. The van der Waals surface area contributed by atoms with Crippen molar-refractivity contribution in [1.29, 1.82) is 0 Å². The lowest BCUT2D eigenvalue weighted by molar-refractivity contribution is -0.142. The summed E-state index contributed by atoms with van der Waals surface area (Å²) in [7, 11) is 0. The summed E-state index contributed by atoms with van der Waals surface area (Å²) in [4.78, 5) is 20.9. The predicted octanol–water partition coefficient (Wildman–Crippen LogP) is 5.95. The van der Waals surface area contributed by atoms with Gasteiger partial charge in [0.1, 0.15) is 11.5 Å². The SMILES string of the molecule is C=C(/C=N\C(=C/C)NC(=O)c1cccc2ccccc12)n1nc(-c2cccnc2)cc1C(F)(F)F. The van der Waals surface area contributed by atoms with Crippen LogP contribution in [0.15, 0.2) is 96.5 Å². The first-order valence-corrected chi connectivity index (χ1v) is 10.5. The minimum atomic E-state index is -4.67. The van der Waals surface area contributed by atoms with Gasteiger partial charge in [-0.05, 0) is 48.0 Å². The second-order valence-corrected chi connectivity index (χ2v) is 7.47. The van der Waals surface area contributed by atoms with Gasteiger partial charge in [-0.2, -0.15) is 18.3 Å². The fraction of sp³-hybridized carbons (Fsp3) is 0.0769. The molecule has 1 N–H and O–H groups in total. The number of aliphatic imine (C=N–C) groups is 1. The van der Waals surface area contributed by atoms with Gasteiger partial charge < -0.3 is 5.32 Å². The molecule has 6 nitrogen and oxygen atoms in total. The van der Waals surface area contributed by atoms with E-state index in [0.717, 1.165) is 23.1 Å². The van der Waals surface area contributed by atoms with E-state index in [1.54, 1.807) is 31.2 Å². The summed E-state index contributed by atoms with van der Waals surface area (Å²) in [5.41, 5.74) is -0.168. The van der Waals surface area contributed by atoms with E-state index in [4.69, 9.17) is 0 Å². The molecule has 0 spiro atoms. The van der Waals surface area contributed by atoms with Crippen molar-refractivity contribution in [2.24, 2.45) is 4.99 Å². The van der Waals surface area contributed by atoms with Crippen molar-refractivity contribution >= 4 is 28.6 Å². The topological polar surface area (TPSA) is 72.2 Å². The highest BCUT2D eigenvalue weighted by Gasteiger charge is 2.36. The third-order valence-corrected chi connectivity index (χ3v) is 5.13. The van der Waals surface area contributed by atoms with E-state index < -0.39 is 17.8 Å². The highest BCUT2D eigenvalue weighted by molar-refractivity contribution is 6.08. The van der Waals surface area contributed by atoms with Gasteiger partial charge in [-0.1, -0.05) is 43.0 Å². The maximum Gasteiger partial charge on any atom is 0.433 e. The molecular formula is C26H20F3N5O. The smallest absolute Gasteiger partial charge is 0.307 e. The van der Waals surface area contributed by atoms with Crippen LogP contribution in [0.5, 0.6) is 0 Å². The van der Waals surface area contributed by atoms with Crippen molar-refractivity contribution in [2.45, 2.75) is 13.1 Å². The van der Waals surface area contributed by atoms with Crippen LogP contribution in [-0.4, -0.2) is 26.9 Å². The average molecular weight is 475 g/mol. The van der Waals surface area contributed by atoms with E-state index >= 15 is 0 Å². The third kappa shape index (κ3) is 5.19. The Morgan fingerprint density at radius 2 is 1.89 bits per heavy atom. The number of carbonyl (C=O) groups is 1. The summed E-state index contributed by atoms with van der Waals surface area (Å²) in [6.07, 6.45) is 0.915. The maximum absolute atomic E-state index is 13.7. The van der Waals surface area contributed by atoms with Crippen LogP contribution < -0.4 is 5.32 Å². The van der Waals surface area contributed by atoms with Gasteiger partial charge in [-0.15, -0.1) is 0 Å². The Bertz CT molecular complexity index is 1450. The van der Waals surface area contributed by atoms with E-state index in [1.807, 2.05) is 30.3 Å². The molecule has 0 fully saturated rings. The van der Waals surface area contributed by atoms with Gasteiger partial charge in [-0.25, -0.2) is 9.67 Å². The summed E-state index contributed by atoms with van der Waals surface area (Å²) < 4.78 is 41.7. The van der Waals surface area contributed by atoms with E-state index in [2.05, 4.69) is 27.0 Å². The molecule has 0 aliphatic rings. The van der Waals surface area contributed by atoms with Crippen LogP contribution in [0.1, 0.15) is 23.0 Å². The van der Waals surface area contributed by atoms with Gasteiger partial charge in [0.25, 0.3) is 5.91 Å². The summed E-state index contributed by atoms with van der Waals surface area (Å²) in [6.45, 7) is 5.33. The monoisotopic (exact) mass is 475 g/mol. The first-order valence-electron chi connectivity index (χ1n) is 10.5. The molecule has 0 bridgehead atoms. The molecule has 0 aliphatic heterocycles. The van der Waals surface area contributed by atoms with E-state index in [9.17, 15) is 18.0 Å². The van der Waals surface area contributed by atoms with Crippen molar-refractivity contribution < 1.29 is 18.0 Å². The van der Waals surface area contributed by atoms with Crippen LogP contribution in [0.3, 0.4) is 0 Å². The standard InChI is InChI=1S/C26H20F3N5O/c1-3-24(32-25(35)21-12-6-9-18-8-4-5-11-20(18)21)31-15-17(2)34-23(26(27,28)29)14-22(33-34)19-10-7-13-30-16-19/h3-16H,2H2,1H3,(H,32,35)/b24-3+,31-15-. The molecule has 1 amide bonds. The average Bonchev–Trinajstić information content (AvgIpc) is 3.33. The molecule has 35 heavy (non-hydrogen) atoms. The molecule has 0 saturated heterocycles. The van der Waals surface area contributed by atoms with Crippen molar-refractivity contribution in [3.8, 4) is 11.3 Å². The number of nitrogens with one attached hydrogen (secondary N) is 1. The van der Waals surface area contributed by atoms with Crippen LogP contribution >= 0.6 is 0 Å². The van der Waals surface area contributed by atoms with Crippen molar-refractivity contribution in [3.63, 3.8) is 0 Å². The van der Waals surface area contributed by atoms with Gasteiger partial charge in [0.2, 0.25) is 0 Å². The minimum absolute atomic E-state index is 0.0930. The summed E-state index contributed by atoms with van der Waals surface area (Å²) in [6, 6.07) is 16.9. The van der Waals surface area contributed by atoms with Crippen molar-refractivity contribution in [3.05, 3.63) is 103 Å². The fourth-order valence-corrected chi connectivity index (χ4v) is 3.44. The van der Waals surface area contributed by atoms with Crippen molar-refractivity contribution in [2.75, 3.05) is 0 Å².